The number of aliphatic carboxylic acids is 1. The Morgan fingerprint density at radius 2 is 2.21 bits per heavy atom. The maximum absolute atomic E-state index is 11.9. The number of benzene rings is 1. The number of carbonyl (C=O) groups is 2. The predicted octanol–water partition coefficient (Wildman–Crippen LogP) is 1.03. The SMILES string of the molecule is CCc1ccccc1N1CCNC(=O)C1CC(=O)O. The highest BCUT2D eigenvalue weighted by Gasteiger charge is 2.32. The smallest absolute Gasteiger partial charge is 0.305 e. The molecule has 1 fully saturated rings. The van der Waals surface area contributed by atoms with Crippen molar-refractivity contribution < 1.29 is 14.7 Å². The number of anilines is 1. The number of amides is 1. The van der Waals surface area contributed by atoms with E-state index in [9.17, 15) is 9.59 Å². The summed E-state index contributed by atoms with van der Waals surface area (Å²) in [6.07, 6.45) is 0.679. The Morgan fingerprint density at radius 3 is 2.89 bits per heavy atom. The van der Waals surface area contributed by atoms with Gasteiger partial charge in [-0.15, -0.1) is 0 Å². The van der Waals surface area contributed by atoms with Crippen molar-refractivity contribution in [2.24, 2.45) is 0 Å². The monoisotopic (exact) mass is 262 g/mol. The van der Waals surface area contributed by atoms with Crippen LogP contribution in [-0.2, 0) is 16.0 Å². The third kappa shape index (κ3) is 2.86. The van der Waals surface area contributed by atoms with Crippen LogP contribution in [0.1, 0.15) is 18.9 Å². The molecule has 1 saturated heterocycles. The van der Waals surface area contributed by atoms with Gasteiger partial charge in [-0.1, -0.05) is 25.1 Å². The molecule has 1 aromatic carbocycles. The topological polar surface area (TPSA) is 69.6 Å². The van der Waals surface area contributed by atoms with Crippen molar-refractivity contribution in [1.29, 1.82) is 0 Å². The Hall–Kier alpha value is -2.04. The van der Waals surface area contributed by atoms with Gasteiger partial charge in [0.05, 0.1) is 6.42 Å². The van der Waals surface area contributed by atoms with Crippen LogP contribution in [-0.4, -0.2) is 36.1 Å². The molecule has 5 heteroatoms. The largest absolute Gasteiger partial charge is 0.481 e. The number of hydrogen-bond donors (Lipinski definition) is 2. The number of rotatable bonds is 4. The third-order valence-corrected chi connectivity index (χ3v) is 3.38. The molecule has 0 saturated carbocycles. The van der Waals surface area contributed by atoms with E-state index in [2.05, 4.69) is 12.2 Å². The van der Waals surface area contributed by atoms with Crippen molar-refractivity contribution in [2.45, 2.75) is 25.8 Å². The Kier molecular flexibility index (Phi) is 4.04. The first-order valence-corrected chi connectivity index (χ1v) is 6.47. The lowest BCUT2D eigenvalue weighted by Crippen LogP contribution is -2.56. The maximum atomic E-state index is 11.9. The van der Waals surface area contributed by atoms with E-state index in [0.717, 1.165) is 17.7 Å². The highest BCUT2D eigenvalue weighted by atomic mass is 16.4. The van der Waals surface area contributed by atoms with E-state index in [0.29, 0.717) is 13.1 Å². The van der Waals surface area contributed by atoms with Crippen LogP contribution in [0.4, 0.5) is 5.69 Å². The minimum atomic E-state index is -0.957. The number of hydrogen-bond acceptors (Lipinski definition) is 3. The molecular formula is C14H18N2O3. The summed E-state index contributed by atoms with van der Waals surface area (Å²) in [5.74, 6) is -1.17. The highest BCUT2D eigenvalue weighted by Crippen LogP contribution is 2.25. The molecule has 0 bridgehead atoms. The van der Waals surface area contributed by atoms with Gasteiger partial charge in [-0.05, 0) is 18.1 Å². The van der Waals surface area contributed by atoms with Gasteiger partial charge in [0.1, 0.15) is 6.04 Å². The minimum absolute atomic E-state index is 0.177. The number of carboxylic acid groups (broad SMARTS) is 1. The summed E-state index contributed by atoms with van der Waals surface area (Å²) in [7, 11) is 0. The molecule has 0 radical (unpaired) electrons. The Balaban J connectivity index is 2.33. The third-order valence-electron chi connectivity index (χ3n) is 3.38. The van der Waals surface area contributed by atoms with Crippen molar-refractivity contribution in [3.63, 3.8) is 0 Å². The minimum Gasteiger partial charge on any atom is -0.481 e. The van der Waals surface area contributed by atoms with Crippen LogP contribution in [0, 0.1) is 0 Å². The second kappa shape index (κ2) is 5.73. The van der Waals surface area contributed by atoms with E-state index in [4.69, 9.17) is 5.11 Å². The quantitative estimate of drug-likeness (QED) is 0.850. The molecule has 1 heterocycles. The first-order valence-electron chi connectivity index (χ1n) is 6.47. The average Bonchev–Trinajstić information content (AvgIpc) is 2.40. The normalized spacial score (nSPS) is 19.1. The second-order valence-electron chi connectivity index (χ2n) is 4.58. The van der Waals surface area contributed by atoms with E-state index in [1.807, 2.05) is 29.2 Å². The predicted molar refractivity (Wildman–Crippen MR) is 72.2 cm³/mol. The van der Waals surface area contributed by atoms with Crippen LogP contribution in [0.5, 0.6) is 0 Å². The molecule has 102 valence electrons. The number of piperazine rings is 1. The number of nitrogens with zero attached hydrogens (tertiary/aromatic N) is 1. The lowest BCUT2D eigenvalue weighted by Gasteiger charge is -2.37. The van der Waals surface area contributed by atoms with E-state index < -0.39 is 12.0 Å². The summed E-state index contributed by atoms with van der Waals surface area (Å²) >= 11 is 0. The molecular weight excluding hydrogens is 244 g/mol. The first kappa shape index (κ1) is 13.4. The summed E-state index contributed by atoms with van der Waals surface area (Å²) in [5.41, 5.74) is 2.10. The van der Waals surface area contributed by atoms with Crippen molar-refractivity contribution in [1.82, 2.24) is 5.32 Å². The van der Waals surface area contributed by atoms with E-state index in [-0.39, 0.29) is 12.3 Å². The van der Waals surface area contributed by atoms with E-state index in [1.165, 1.54) is 0 Å². The number of para-hydroxylation sites is 1. The van der Waals surface area contributed by atoms with Crippen LogP contribution in [0.3, 0.4) is 0 Å². The van der Waals surface area contributed by atoms with Gasteiger partial charge in [-0.25, -0.2) is 0 Å². The van der Waals surface area contributed by atoms with Crippen LogP contribution in [0.2, 0.25) is 0 Å². The summed E-state index contributed by atoms with van der Waals surface area (Å²) in [6.45, 7) is 3.24. The first-order chi connectivity index (χ1) is 9.13. The number of carbonyl (C=O) groups excluding carboxylic acids is 1. The molecule has 2 rings (SSSR count). The standard InChI is InChI=1S/C14H18N2O3/c1-2-10-5-3-4-6-11(10)16-8-7-15-14(19)12(16)9-13(17)18/h3-6,12H,2,7-9H2,1H3,(H,15,19)(H,17,18). The molecule has 1 aliphatic heterocycles. The molecule has 1 aromatic rings. The second-order valence-corrected chi connectivity index (χ2v) is 4.58. The van der Waals surface area contributed by atoms with Gasteiger partial charge >= 0.3 is 5.97 Å². The number of carboxylic acids is 1. The molecule has 2 N–H and O–H groups in total. The fourth-order valence-corrected chi connectivity index (χ4v) is 2.46. The molecule has 1 aliphatic rings. The Labute approximate surface area is 112 Å². The Morgan fingerprint density at radius 1 is 1.47 bits per heavy atom. The van der Waals surface area contributed by atoms with Crippen LogP contribution in [0.25, 0.3) is 0 Å². The van der Waals surface area contributed by atoms with Crippen LogP contribution in [0.15, 0.2) is 24.3 Å². The van der Waals surface area contributed by atoms with Gasteiger partial charge in [-0.3, -0.25) is 9.59 Å². The fourth-order valence-electron chi connectivity index (χ4n) is 2.46. The molecule has 0 aromatic heterocycles. The van der Waals surface area contributed by atoms with E-state index >= 15 is 0 Å². The lowest BCUT2D eigenvalue weighted by molar-refractivity contribution is -0.139. The van der Waals surface area contributed by atoms with Gasteiger partial charge in [0.2, 0.25) is 5.91 Å². The summed E-state index contributed by atoms with van der Waals surface area (Å²) < 4.78 is 0. The average molecular weight is 262 g/mol. The van der Waals surface area contributed by atoms with Gasteiger partial charge in [0, 0.05) is 18.8 Å². The number of aryl methyl sites for hydroxylation is 1. The zero-order valence-corrected chi connectivity index (χ0v) is 10.9. The lowest BCUT2D eigenvalue weighted by atomic mass is 10.0. The zero-order valence-electron chi connectivity index (χ0n) is 10.9. The summed E-state index contributed by atoms with van der Waals surface area (Å²) in [5, 5.41) is 11.7. The Bertz CT molecular complexity index is 487. The van der Waals surface area contributed by atoms with Crippen molar-refractivity contribution >= 4 is 17.6 Å². The van der Waals surface area contributed by atoms with Crippen molar-refractivity contribution in [3.05, 3.63) is 29.8 Å². The van der Waals surface area contributed by atoms with Gasteiger partial charge in [0.25, 0.3) is 0 Å². The molecule has 0 spiro atoms. The maximum Gasteiger partial charge on any atom is 0.305 e. The molecule has 19 heavy (non-hydrogen) atoms. The molecule has 1 amide bonds. The van der Waals surface area contributed by atoms with Crippen LogP contribution < -0.4 is 10.2 Å². The molecule has 5 nitrogen and oxygen atoms in total. The van der Waals surface area contributed by atoms with Gasteiger partial charge in [-0.2, -0.15) is 0 Å². The van der Waals surface area contributed by atoms with Crippen molar-refractivity contribution in [2.75, 3.05) is 18.0 Å². The fraction of sp³-hybridized carbons (Fsp3) is 0.429. The van der Waals surface area contributed by atoms with Gasteiger partial charge < -0.3 is 15.3 Å². The van der Waals surface area contributed by atoms with E-state index in [1.54, 1.807) is 0 Å². The molecule has 1 unspecified atom stereocenters. The molecule has 0 aliphatic carbocycles. The van der Waals surface area contributed by atoms with Crippen LogP contribution >= 0.6 is 0 Å². The summed E-state index contributed by atoms with van der Waals surface area (Å²) in [4.78, 5) is 24.7. The molecule has 1 atom stereocenters. The van der Waals surface area contributed by atoms with Gasteiger partial charge in [0.15, 0.2) is 0 Å². The number of nitrogens with one attached hydrogen (secondary N) is 1. The van der Waals surface area contributed by atoms with Crippen molar-refractivity contribution in [3.8, 4) is 0 Å². The summed E-state index contributed by atoms with van der Waals surface area (Å²) in [6, 6.07) is 7.21. The zero-order chi connectivity index (χ0) is 13.8. The highest BCUT2D eigenvalue weighted by molar-refractivity contribution is 5.90.